The van der Waals surface area contributed by atoms with Crippen molar-refractivity contribution in [2.75, 3.05) is 30.3 Å². The molecule has 1 amide bonds. The van der Waals surface area contributed by atoms with Crippen LogP contribution in [-0.2, 0) is 24.3 Å². The first-order chi connectivity index (χ1) is 15.0. The average Bonchev–Trinajstić information content (AvgIpc) is 3.21. The van der Waals surface area contributed by atoms with E-state index in [0.29, 0.717) is 17.3 Å². The highest BCUT2D eigenvalue weighted by molar-refractivity contribution is 6.31. The van der Waals surface area contributed by atoms with E-state index in [4.69, 9.17) is 17.3 Å². The topological polar surface area (TPSA) is 93.2 Å². The Bertz CT molecular complexity index is 1130. The van der Waals surface area contributed by atoms with E-state index in [1.54, 1.807) is 6.20 Å². The zero-order valence-electron chi connectivity index (χ0n) is 17.6. The third-order valence-corrected chi connectivity index (χ3v) is 6.68. The fourth-order valence-electron chi connectivity index (χ4n) is 4.80. The molecule has 2 N–H and O–H groups in total. The van der Waals surface area contributed by atoms with Crippen molar-refractivity contribution in [1.29, 1.82) is 0 Å². The Kier molecular flexibility index (Phi) is 5.17. The first kappa shape index (κ1) is 20.1. The van der Waals surface area contributed by atoms with Crippen LogP contribution in [-0.4, -0.2) is 50.2 Å². The first-order valence-electron chi connectivity index (χ1n) is 10.8. The first-order valence-corrected chi connectivity index (χ1v) is 11.2. The molecule has 4 heterocycles. The molecule has 0 saturated carbocycles. The number of nitrogens with zero attached hydrogens (tertiary/aromatic N) is 6. The molecule has 0 aliphatic carbocycles. The number of nitrogen functional groups attached to an aromatic ring is 1. The van der Waals surface area contributed by atoms with Gasteiger partial charge in [-0.2, -0.15) is 0 Å². The molecule has 5 rings (SSSR count). The van der Waals surface area contributed by atoms with Crippen LogP contribution >= 0.6 is 11.6 Å². The van der Waals surface area contributed by atoms with Crippen molar-refractivity contribution < 1.29 is 4.79 Å². The molecule has 3 aromatic rings. The largest absolute Gasteiger partial charge is 0.396 e. The van der Waals surface area contributed by atoms with Gasteiger partial charge in [-0.05, 0) is 31.0 Å². The quantitative estimate of drug-likeness (QED) is 0.674. The van der Waals surface area contributed by atoms with Gasteiger partial charge >= 0.3 is 0 Å². The van der Waals surface area contributed by atoms with E-state index >= 15 is 0 Å². The molecule has 8 nitrogen and oxygen atoms in total. The molecule has 1 saturated heterocycles. The number of pyridine rings is 1. The summed E-state index contributed by atoms with van der Waals surface area (Å²) in [5.41, 5.74) is 8.78. The molecule has 1 aromatic carbocycles. The lowest BCUT2D eigenvalue weighted by Crippen LogP contribution is -2.45. The van der Waals surface area contributed by atoms with E-state index in [1.807, 2.05) is 23.1 Å². The van der Waals surface area contributed by atoms with Gasteiger partial charge in [0, 0.05) is 48.9 Å². The second kappa shape index (κ2) is 8.00. The summed E-state index contributed by atoms with van der Waals surface area (Å²) in [6, 6.07) is 5.67. The van der Waals surface area contributed by atoms with Gasteiger partial charge in [0.15, 0.2) is 5.82 Å². The summed E-state index contributed by atoms with van der Waals surface area (Å²) in [4.78, 5) is 21.8. The monoisotopic (exact) mass is 439 g/mol. The molecular weight excluding hydrogens is 414 g/mol. The van der Waals surface area contributed by atoms with Crippen LogP contribution < -0.4 is 10.6 Å². The molecule has 0 radical (unpaired) electrons. The van der Waals surface area contributed by atoms with E-state index in [1.165, 1.54) is 0 Å². The van der Waals surface area contributed by atoms with E-state index in [0.717, 1.165) is 73.7 Å². The van der Waals surface area contributed by atoms with Crippen molar-refractivity contribution >= 4 is 39.8 Å². The van der Waals surface area contributed by atoms with Crippen molar-refractivity contribution in [3.05, 3.63) is 41.1 Å². The number of hydrogen-bond acceptors (Lipinski definition) is 6. The zero-order chi connectivity index (χ0) is 21.5. The average molecular weight is 440 g/mol. The molecule has 0 atom stereocenters. The molecule has 0 bridgehead atoms. The Balaban J connectivity index is 1.29. The van der Waals surface area contributed by atoms with Crippen LogP contribution in [0.1, 0.15) is 31.4 Å². The standard InChI is InChI=1S/C22H26ClN7O/c1-2-19-26-27-20-13-29(9-10-30(19)20)22(31)14-5-7-28(8-6-14)21-16-11-15(23)3-4-18(16)25-12-17(21)24/h3-4,11-12,14H,2,5-10,13,24H2,1H3. The van der Waals surface area contributed by atoms with Gasteiger partial charge in [0.1, 0.15) is 5.82 Å². The maximum Gasteiger partial charge on any atom is 0.226 e. The molecule has 0 unspecified atom stereocenters. The van der Waals surface area contributed by atoms with Crippen molar-refractivity contribution in [2.24, 2.45) is 5.92 Å². The van der Waals surface area contributed by atoms with Gasteiger partial charge in [0.05, 0.1) is 29.6 Å². The van der Waals surface area contributed by atoms with Crippen LogP contribution in [0.4, 0.5) is 11.4 Å². The molecule has 2 aromatic heterocycles. The molecule has 0 spiro atoms. The van der Waals surface area contributed by atoms with E-state index in [9.17, 15) is 4.79 Å². The summed E-state index contributed by atoms with van der Waals surface area (Å²) >= 11 is 6.23. The highest BCUT2D eigenvalue weighted by Gasteiger charge is 2.32. The van der Waals surface area contributed by atoms with Gasteiger partial charge in [0.2, 0.25) is 5.91 Å². The summed E-state index contributed by atoms with van der Waals surface area (Å²) in [6.45, 7) is 5.67. The molecule has 2 aliphatic heterocycles. The minimum absolute atomic E-state index is 0.0225. The van der Waals surface area contributed by atoms with Crippen LogP contribution in [0.3, 0.4) is 0 Å². The van der Waals surface area contributed by atoms with Crippen molar-refractivity contribution in [1.82, 2.24) is 24.6 Å². The number of nitrogens with two attached hydrogens (primary N) is 1. The molecule has 9 heteroatoms. The Morgan fingerprint density at radius 1 is 1.19 bits per heavy atom. The molecule has 31 heavy (non-hydrogen) atoms. The summed E-state index contributed by atoms with van der Waals surface area (Å²) in [7, 11) is 0. The molecule has 2 aliphatic rings. The number of piperidine rings is 1. The fraction of sp³-hybridized carbons (Fsp3) is 0.455. The second-order valence-corrected chi connectivity index (χ2v) is 8.72. The minimum atomic E-state index is 0.0225. The van der Waals surface area contributed by atoms with Gasteiger partial charge in [0.25, 0.3) is 0 Å². The Morgan fingerprint density at radius 2 is 2.00 bits per heavy atom. The smallest absolute Gasteiger partial charge is 0.226 e. The summed E-state index contributed by atoms with van der Waals surface area (Å²) < 4.78 is 2.15. The van der Waals surface area contributed by atoms with Crippen LogP contribution in [0.25, 0.3) is 10.9 Å². The third-order valence-electron chi connectivity index (χ3n) is 6.45. The highest BCUT2D eigenvalue weighted by atomic mass is 35.5. The summed E-state index contributed by atoms with van der Waals surface area (Å²) in [5.74, 6) is 2.14. The number of aryl methyl sites for hydroxylation is 1. The number of carbonyl (C=O) groups excluding carboxylic acids is 1. The van der Waals surface area contributed by atoms with Crippen LogP contribution in [0, 0.1) is 5.92 Å². The number of benzene rings is 1. The minimum Gasteiger partial charge on any atom is -0.396 e. The number of hydrogen-bond donors (Lipinski definition) is 1. The van der Waals surface area contributed by atoms with Crippen LogP contribution in [0.2, 0.25) is 5.02 Å². The molecular formula is C22H26ClN7O. The molecule has 1 fully saturated rings. The lowest BCUT2D eigenvalue weighted by molar-refractivity contribution is -0.137. The highest BCUT2D eigenvalue weighted by Crippen LogP contribution is 2.36. The number of aromatic nitrogens is 4. The van der Waals surface area contributed by atoms with Gasteiger partial charge in [-0.3, -0.25) is 9.78 Å². The van der Waals surface area contributed by atoms with Crippen molar-refractivity contribution in [3.8, 4) is 0 Å². The number of halogens is 1. The maximum absolute atomic E-state index is 13.2. The number of anilines is 2. The summed E-state index contributed by atoms with van der Waals surface area (Å²) in [6.07, 6.45) is 4.16. The predicted octanol–water partition coefficient (Wildman–Crippen LogP) is 2.88. The van der Waals surface area contributed by atoms with Crippen molar-refractivity contribution in [2.45, 2.75) is 39.3 Å². The lowest BCUT2D eigenvalue weighted by atomic mass is 9.94. The van der Waals surface area contributed by atoms with E-state index in [2.05, 4.69) is 31.6 Å². The van der Waals surface area contributed by atoms with Gasteiger partial charge < -0.3 is 20.1 Å². The fourth-order valence-corrected chi connectivity index (χ4v) is 4.97. The molecule has 162 valence electrons. The summed E-state index contributed by atoms with van der Waals surface area (Å²) in [5, 5.41) is 10.2. The number of carbonyl (C=O) groups is 1. The Labute approximate surface area is 186 Å². The van der Waals surface area contributed by atoms with E-state index < -0.39 is 0 Å². The van der Waals surface area contributed by atoms with Crippen molar-refractivity contribution in [3.63, 3.8) is 0 Å². The van der Waals surface area contributed by atoms with Gasteiger partial charge in [-0.15, -0.1) is 10.2 Å². The number of amides is 1. The van der Waals surface area contributed by atoms with Crippen LogP contribution in [0.5, 0.6) is 0 Å². The maximum atomic E-state index is 13.2. The normalized spacial score (nSPS) is 17.2. The van der Waals surface area contributed by atoms with Gasteiger partial charge in [-0.25, -0.2) is 0 Å². The Morgan fingerprint density at radius 3 is 2.77 bits per heavy atom. The SMILES string of the molecule is CCc1nnc2n1CCN(C(=O)C1CCN(c3c(N)cnc4ccc(Cl)cc34)CC1)C2. The Hall–Kier alpha value is -2.87. The van der Waals surface area contributed by atoms with Crippen LogP contribution in [0.15, 0.2) is 24.4 Å². The number of fused-ring (bicyclic) bond motifs is 2. The lowest BCUT2D eigenvalue weighted by Gasteiger charge is -2.37. The van der Waals surface area contributed by atoms with Gasteiger partial charge in [-0.1, -0.05) is 18.5 Å². The van der Waals surface area contributed by atoms with E-state index in [-0.39, 0.29) is 11.8 Å². The zero-order valence-corrected chi connectivity index (χ0v) is 18.3. The number of rotatable bonds is 3. The second-order valence-electron chi connectivity index (χ2n) is 8.28. The predicted molar refractivity (Wildman–Crippen MR) is 121 cm³/mol. The third kappa shape index (κ3) is 3.59.